The molecule has 0 unspecified atom stereocenters. The molecular formula is C22H26ClN3O3S. The molecule has 2 aromatic carbocycles. The van der Waals surface area contributed by atoms with Gasteiger partial charge in [0.2, 0.25) is 5.91 Å². The molecular weight excluding hydrogens is 422 g/mol. The van der Waals surface area contributed by atoms with E-state index < -0.39 is 0 Å². The van der Waals surface area contributed by atoms with Crippen LogP contribution in [-0.4, -0.2) is 57.2 Å². The molecule has 0 atom stereocenters. The summed E-state index contributed by atoms with van der Waals surface area (Å²) in [6, 6.07) is 9.32. The number of anilines is 1. The van der Waals surface area contributed by atoms with Gasteiger partial charge < -0.3 is 14.4 Å². The summed E-state index contributed by atoms with van der Waals surface area (Å²) in [7, 11) is 7.15. The third-order valence-corrected chi connectivity index (χ3v) is 5.99. The number of amides is 1. The average Bonchev–Trinajstić information content (AvgIpc) is 3.11. The molecule has 0 radical (unpaired) electrons. The van der Waals surface area contributed by atoms with E-state index in [4.69, 9.17) is 26.1 Å². The van der Waals surface area contributed by atoms with Crippen molar-refractivity contribution in [3.05, 3.63) is 46.5 Å². The molecule has 1 amide bonds. The number of halogens is 1. The summed E-state index contributed by atoms with van der Waals surface area (Å²) >= 11 is 7.69. The lowest BCUT2D eigenvalue weighted by atomic mass is 10.1. The first-order chi connectivity index (χ1) is 14.3. The lowest BCUT2D eigenvalue weighted by molar-refractivity contribution is -0.118. The Bertz CT molecular complexity index is 1050. The molecule has 6 nitrogen and oxygen atoms in total. The van der Waals surface area contributed by atoms with E-state index in [1.54, 1.807) is 19.1 Å². The summed E-state index contributed by atoms with van der Waals surface area (Å²) in [6.07, 6.45) is 0.240. The van der Waals surface area contributed by atoms with Crippen LogP contribution in [0.4, 0.5) is 5.13 Å². The summed E-state index contributed by atoms with van der Waals surface area (Å²) in [5.74, 6) is 1.22. The quantitative estimate of drug-likeness (QED) is 0.512. The Morgan fingerprint density at radius 3 is 2.50 bits per heavy atom. The number of benzene rings is 2. The highest BCUT2D eigenvalue weighted by Crippen LogP contribution is 2.34. The second-order valence-corrected chi connectivity index (χ2v) is 8.73. The van der Waals surface area contributed by atoms with Gasteiger partial charge in [0.05, 0.1) is 30.9 Å². The lowest BCUT2D eigenvalue weighted by Gasteiger charge is -2.22. The number of nitrogens with zero attached hydrogens (tertiary/aromatic N) is 3. The maximum Gasteiger partial charge on any atom is 0.233 e. The highest BCUT2D eigenvalue weighted by molar-refractivity contribution is 7.22. The first-order valence-corrected chi connectivity index (χ1v) is 10.7. The molecule has 1 aromatic heterocycles. The monoisotopic (exact) mass is 447 g/mol. The van der Waals surface area contributed by atoms with Crippen LogP contribution in [0.15, 0.2) is 30.3 Å². The predicted octanol–water partition coefficient (Wildman–Crippen LogP) is 4.41. The summed E-state index contributed by atoms with van der Waals surface area (Å²) in [6.45, 7) is 3.26. The molecule has 1 heterocycles. The zero-order valence-electron chi connectivity index (χ0n) is 17.9. The number of aryl methyl sites for hydroxylation is 1. The second kappa shape index (κ2) is 9.64. The van der Waals surface area contributed by atoms with Crippen molar-refractivity contribution in [2.24, 2.45) is 0 Å². The van der Waals surface area contributed by atoms with Crippen molar-refractivity contribution in [1.82, 2.24) is 9.88 Å². The van der Waals surface area contributed by atoms with Crippen LogP contribution >= 0.6 is 22.9 Å². The van der Waals surface area contributed by atoms with Crippen molar-refractivity contribution in [1.29, 1.82) is 0 Å². The third kappa shape index (κ3) is 5.03. The fraction of sp³-hybridized carbons (Fsp3) is 0.364. The SMILES string of the molecule is COc1ccc(CC(=O)N(CCN(C)C)c2nc3c(C)cc(Cl)cc3s2)cc1OC. The molecule has 0 bridgehead atoms. The van der Waals surface area contributed by atoms with E-state index in [0.717, 1.165) is 27.9 Å². The van der Waals surface area contributed by atoms with E-state index in [1.807, 2.05) is 56.3 Å². The van der Waals surface area contributed by atoms with Crippen LogP contribution in [0.1, 0.15) is 11.1 Å². The number of thiazole rings is 1. The third-order valence-electron chi connectivity index (χ3n) is 4.75. The number of hydrogen-bond acceptors (Lipinski definition) is 6. The van der Waals surface area contributed by atoms with Crippen molar-refractivity contribution in [2.45, 2.75) is 13.3 Å². The largest absolute Gasteiger partial charge is 0.493 e. The van der Waals surface area contributed by atoms with Crippen LogP contribution in [0, 0.1) is 6.92 Å². The van der Waals surface area contributed by atoms with Crippen molar-refractivity contribution in [3.63, 3.8) is 0 Å². The number of aromatic nitrogens is 1. The van der Waals surface area contributed by atoms with Crippen molar-refractivity contribution in [3.8, 4) is 11.5 Å². The Balaban J connectivity index is 1.91. The van der Waals surface area contributed by atoms with Crippen LogP contribution in [0.2, 0.25) is 5.02 Å². The number of ether oxygens (including phenoxy) is 2. The molecule has 30 heavy (non-hydrogen) atoms. The number of likely N-dealkylation sites (N-methyl/N-ethyl adjacent to an activating group) is 1. The summed E-state index contributed by atoms with van der Waals surface area (Å²) in [5, 5.41) is 1.36. The highest BCUT2D eigenvalue weighted by atomic mass is 35.5. The first kappa shape index (κ1) is 22.3. The molecule has 0 N–H and O–H groups in total. The van der Waals surface area contributed by atoms with Gasteiger partial charge in [0, 0.05) is 18.1 Å². The molecule has 0 spiro atoms. The molecule has 8 heteroatoms. The van der Waals surface area contributed by atoms with Crippen LogP contribution in [0.25, 0.3) is 10.2 Å². The smallest absolute Gasteiger partial charge is 0.233 e. The predicted molar refractivity (Wildman–Crippen MR) is 124 cm³/mol. The number of methoxy groups -OCH3 is 2. The number of fused-ring (bicyclic) bond motifs is 1. The van der Waals surface area contributed by atoms with E-state index in [-0.39, 0.29) is 12.3 Å². The van der Waals surface area contributed by atoms with Crippen LogP contribution in [0.3, 0.4) is 0 Å². The van der Waals surface area contributed by atoms with E-state index >= 15 is 0 Å². The molecule has 0 aliphatic heterocycles. The normalized spacial score (nSPS) is 11.2. The Hall–Kier alpha value is -2.35. The van der Waals surface area contributed by atoms with E-state index in [9.17, 15) is 4.79 Å². The van der Waals surface area contributed by atoms with E-state index in [2.05, 4.69) is 0 Å². The topological polar surface area (TPSA) is 54.9 Å². The number of carbonyl (C=O) groups is 1. The van der Waals surface area contributed by atoms with Gasteiger partial charge in [0.1, 0.15) is 0 Å². The first-order valence-electron chi connectivity index (χ1n) is 9.55. The molecule has 160 valence electrons. The molecule has 0 fully saturated rings. The van der Waals surface area contributed by atoms with Gasteiger partial charge in [-0.25, -0.2) is 4.98 Å². The molecule has 0 aliphatic rings. The number of carbonyl (C=O) groups excluding carboxylic acids is 1. The van der Waals surface area contributed by atoms with Gasteiger partial charge >= 0.3 is 0 Å². The van der Waals surface area contributed by atoms with Crippen LogP contribution in [-0.2, 0) is 11.2 Å². The molecule has 3 aromatic rings. The van der Waals surface area contributed by atoms with Crippen molar-refractivity contribution < 1.29 is 14.3 Å². The molecule has 3 rings (SSSR count). The zero-order valence-corrected chi connectivity index (χ0v) is 19.4. The summed E-state index contributed by atoms with van der Waals surface area (Å²) in [5.41, 5.74) is 2.74. The molecule has 0 saturated carbocycles. The molecule has 0 saturated heterocycles. The van der Waals surface area contributed by atoms with Crippen LogP contribution in [0.5, 0.6) is 11.5 Å². The minimum atomic E-state index is -0.0214. The van der Waals surface area contributed by atoms with Crippen LogP contribution < -0.4 is 14.4 Å². The standard InChI is InChI=1S/C22H26ClN3O3S/c1-14-10-16(23)13-19-21(14)24-22(30-19)26(9-8-25(2)3)20(27)12-15-6-7-17(28-4)18(11-15)29-5/h6-7,10-11,13H,8-9,12H2,1-5H3. The van der Waals surface area contributed by atoms with Gasteiger partial charge in [0.15, 0.2) is 16.6 Å². The summed E-state index contributed by atoms with van der Waals surface area (Å²) in [4.78, 5) is 21.8. The van der Waals surface area contributed by atoms with E-state index in [0.29, 0.717) is 28.2 Å². The van der Waals surface area contributed by atoms with Gasteiger partial charge in [-0.1, -0.05) is 29.0 Å². The highest BCUT2D eigenvalue weighted by Gasteiger charge is 2.21. The fourth-order valence-corrected chi connectivity index (χ4v) is 4.61. The molecule has 0 aliphatic carbocycles. The Kier molecular flexibility index (Phi) is 7.18. The minimum Gasteiger partial charge on any atom is -0.493 e. The van der Waals surface area contributed by atoms with E-state index in [1.165, 1.54) is 11.3 Å². The Morgan fingerprint density at radius 2 is 1.83 bits per heavy atom. The Morgan fingerprint density at radius 1 is 1.10 bits per heavy atom. The lowest BCUT2D eigenvalue weighted by Crippen LogP contribution is -2.37. The number of rotatable bonds is 8. The maximum atomic E-state index is 13.3. The number of hydrogen-bond donors (Lipinski definition) is 0. The Labute approximate surface area is 186 Å². The van der Waals surface area contributed by atoms with Gasteiger partial charge in [-0.2, -0.15) is 0 Å². The average molecular weight is 448 g/mol. The van der Waals surface area contributed by atoms with Crippen molar-refractivity contribution >= 4 is 44.2 Å². The van der Waals surface area contributed by atoms with Crippen molar-refractivity contribution in [2.75, 3.05) is 46.3 Å². The second-order valence-electron chi connectivity index (χ2n) is 7.28. The fourth-order valence-electron chi connectivity index (χ4n) is 3.15. The summed E-state index contributed by atoms with van der Waals surface area (Å²) < 4.78 is 11.6. The zero-order chi connectivity index (χ0) is 21.8. The van der Waals surface area contributed by atoms with Gasteiger partial charge in [-0.05, 0) is 56.4 Å². The minimum absolute atomic E-state index is 0.0214. The van der Waals surface area contributed by atoms with Gasteiger partial charge in [-0.3, -0.25) is 9.69 Å². The van der Waals surface area contributed by atoms with Gasteiger partial charge in [-0.15, -0.1) is 0 Å². The maximum absolute atomic E-state index is 13.3. The van der Waals surface area contributed by atoms with Gasteiger partial charge in [0.25, 0.3) is 0 Å².